The van der Waals surface area contributed by atoms with Gasteiger partial charge in [-0.25, -0.2) is 4.39 Å². The Morgan fingerprint density at radius 3 is 2.48 bits per heavy atom. The number of hydrogen-bond donors (Lipinski definition) is 2. The van der Waals surface area contributed by atoms with Crippen molar-refractivity contribution in [3.8, 4) is 0 Å². The highest BCUT2D eigenvalue weighted by Gasteiger charge is 2.17. The van der Waals surface area contributed by atoms with Gasteiger partial charge in [-0.1, -0.05) is 12.1 Å². The maximum atomic E-state index is 13.2. The molecule has 21 heavy (non-hydrogen) atoms. The molecule has 2 aromatic carbocycles. The van der Waals surface area contributed by atoms with Crippen molar-refractivity contribution in [2.45, 2.75) is 6.54 Å². The lowest BCUT2D eigenvalue weighted by atomic mass is 10.1. The number of benzene rings is 2. The third-order valence-electron chi connectivity index (χ3n) is 2.86. The zero-order valence-electron chi connectivity index (χ0n) is 10.9. The van der Waals surface area contributed by atoms with E-state index in [0.29, 0.717) is 12.1 Å². The first kappa shape index (κ1) is 14.6. The van der Waals surface area contributed by atoms with Crippen molar-refractivity contribution in [1.82, 2.24) is 0 Å². The summed E-state index contributed by atoms with van der Waals surface area (Å²) in [6.45, 7) is 0.345. The molecule has 0 aliphatic heterocycles. The smallest absolute Gasteiger partial charge is 0.292 e. The Balaban J connectivity index is 2.26. The summed E-state index contributed by atoms with van der Waals surface area (Å²) >= 11 is 0. The first-order chi connectivity index (χ1) is 10.0. The van der Waals surface area contributed by atoms with Gasteiger partial charge in [0.15, 0.2) is 0 Å². The zero-order valence-corrected chi connectivity index (χ0v) is 10.9. The van der Waals surface area contributed by atoms with Gasteiger partial charge in [-0.3, -0.25) is 14.9 Å². The van der Waals surface area contributed by atoms with Crippen LogP contribution in [-0.2, 0) is 6.54 Å². The van der Waals surface area contributed by atoms with Crippen LogP contribution in [0.5, 0.6) is 0 Å². The molecular weight excluding hydrogens is 277 g/mol. The number of nitrogens with one attached hydrogen (secondary N) is 1. The predicted molar refractivity (Wildman–Crippen MR) is 75.3 cm³/mol. The maximum absolute atomic E-state index is 13.2. The van der Waals surface area contributed by atoms with Crippen molar-refractivity contribution in [1.29, 1.82) is 0 Å². The lowest BCUT2D eigenvalue weighted by molar-refractivity contribution is -0.384. The number of carbonyl (C=O) groups excluding carboxylic acids is 1. The summed E-state index contributed by atoms with van der Waals surface area (Å²) in [4.78, 5) is 22.2. The van der Waals surface area contributed by atoms with Crippen LogP contribution in [0.2, 0.25) is 0 Å². The standard InChI is InChI=1S/C14H12FN3O3/c15-11-5-6-13(18(20)21)12(7-11)17-14(19)10-3-1-9(8-16)2-4-10/h1-7H,8,16H2,(H,17,19). The third-order valence-corrected chi connectivity index (χ3v) is 2.86. The number of nitrogens with two attached hydrogens (primary N) is 1. The molecule has 3 N–H and O–H groups in total. The van der Waals surface area contributed by atoms with E-state index in [1.165, 1.54) is 0 Å². The second kappa shape index (κ2) is 6.10. The van der Waals surface area contributed by atoms with Crippen molar-refractivity contribution in [3.05, 3.63) is 69.5 Å². The van der Waals surface area contributed by atoms with Crippen LogP contribution < -0.4 is 11.1 Å². The molecule has 2 rings (SSSR count). The lowest BCUT2D eigenvalue weighted by Crippen LogP contribution is -2.13. The van der Waals surface area contributed by atoms with Gasteiger partial charge in [-0.15, -0.1) is 0 Å². The molecule has 0 spiro atoms. The van der Waals surface area contributed by atoms with Crippen molar-refractivity contribution in [2.75, 3.05) is 5.32 Å². The van der Waals surface area contributed by atoms with Gasteiger partial charge in [0.25, 0.3) is 11.6 Å². The Bertz CT molecular complexity index is 686. The highest BCUT2D eigenvalue weighted by atomic mass is 19.1. The topological polar surface area (TPSA) is 98.3 Å². The summed E-state index contributed by atoms with van der Waals surface area (Å²) in [6, 6.07) is 9.31. The quantitative estimate of drug-likeness (QED) is 0.667. The molecular formula is C14H12FN3O3. The number of hydrogen-bond acceptors (Lipinski definition) is 4. The number of nitro groups is 1. The van der Waals surface area contributed by atoms with Crippen LogP contribution in [0.4, 0.5) is 15.8 Å². The second-order valence-corrected chi connectivity index (χ2v) is 4.27. The average molecular weight is 289 g/mol. The Morgan fingerprint density at radius 1 is 1.24 bits per heavy atom. The number of anilines is 1. The lowest BCUT2D eigenvalue weighted by Gasteiger charge is -2.06. The number of halogens is 1. The van der Waals surface area contributed by atoms with Crippen molar-refractivity contribution >= 4 is 17.3 Å². The average Bonchev–Trinajstić information content (AvgIpc) is 2.47. The molecule has 7 heteroatoms. The van der Waals surface area contributed by atoms with E-state index < -0.39 is 16.6 Å². The van der Waals surface area contributed by atoms with E-state index in [-0.39, 0.29) is 11.4 Å². The highest BCUT2D eigenvalue weighted by molar-refractivity contribution is 6.05. The van der Waals surface area contributed by atoms with E-state index >= 15 is 0 Å². The third kappa shape index (κ3) is 3.40. The molecule has 0 unspecified atom stereocenters. The van der Waals surface area contributed by atoms with Gasteiger partial charge in [-0.2, -0.15) is 0 Å². The summed E-state index contributed by atoms with van der Waals surface area (Å²) in [5.41, 5.74) is 6.04. The number of carbonyl (C=O) groups is 1. The summed E-state index contributed by atoms with van der Waals surface area (Å²) in [5.74, 6) is -1.23. The fourth-order valence-electron chi connectivity index (χ4n) is 1.75. The molecule has 2 aromatic rings. The number of nitro benzene ring substituents is 1. The van der Waals surface area contributed by atoms with Crippen LogP contribution >= 0.6 is 0 Å². The van der Waals surface area contributed by atoms with E-state index in [0.717, 1.165) is 23.8 Å². The molecule has 6 nitrogen and oxygen atoms in total. The number of nitrogens with zero attached hydrogens (tertiary/aromatic N) is 1. The normalized spacial score (nSPS) is 10.2. The fourth-order valence-corrected chi connectivity index (χ4v) is 1.75. The zero-order chi connectivity index (χ0) is 15.4. The van der Waals surface area contributed by atoms with E-state index in [9.17, 15) is 19.3 Å². The van der Waals surface area contributed by atoms with Gasteiger partial charge in [0, 0.05) is 24.2 Å². The minimum atomic E-state index is -0.688. The summed E-state index contributed by atoms with van der Waals surface area (Å²) < 4.78 is 13.2. The second-order valence-electron chi connectivity index (χ2n) is 4.27. The van der Waals surface area contributed by atoms with Crippen LogP contribution in [0.15, 0.2) is 42.5 Å². The molecule has 0 bridgehead atoms. The monoisotopic (exact) mass is 289 g/mol. The van der Waals surface area contributed by atoms with Crippen LogP contribution in [0.1, 0.15) is 15.9 Å². The van der Waals surface area contributed by atoms with Crippen LogP contribution in [-0.4, -0.2) is 10.8 Å². The molecule has 1 amide bonds. The molecule has 0 fully saturated rings. The van der Waals surface area contributed by atoms with E-state index in [2.05, 4.69) is 5.32 Å². The van der Waals surface area contributed by atoms with Crippen LogP contribution in [0.25, 0.3) is 0 Å². The molecule has 0 saturated heterocycles. The van der Waals surface area contributed by atoms with E-state index in [1.54, 1.807) is 24.3 Å². The Morgan fingerprint density at radius 2 is 1.90 bits per heavy atom. The number of amides is 1. The minimum absolute atomic E-state index is 0.187. The Labute approximate surface area is 119 Å². The summed E-state index contributed by atoms with van der Waals surface area (Å²) in [6.07, 6.45) is 0. The Hall–Kier alpha value is -2.80. The Kier molecular flexibility index (Phi) is 4.24. The molecule has 0 radical (unpaired) electrons. The van der Waals surface area contributed by atoms with Gasteiger partial charge >= 0.3 is 0 Å². The SMILES string of the molecule is NCc1ccc(C(=O)Nc2cc(F)ccc2[N+](=O)[O-])cc1. The predicted octanol–water partition coefficient (Wildman–Crippen LogP) is 2.44. The largest absolute Gasteiger partial charge is 0.326 e. The molecule has 0 atom stereocenters. The maximum Gasteiger partial charge on any atom is 0.292 e. The molecule has 0 aromatic heterocycles. The molecule has 0 heterocycles. The van der Waals surface area contributed by atoms with Crippen molar-refractivity contribution in [3.63, 3.8) is 0 Å². The van der Waals surface area contributed by atoms with E-state index in [1.807, 2.05) is 0 Å². The highest BCUT2D eigenvalue weighted by Crippen LogP contribution is 2.25. The molecule has 0 saturated carbocycles. The first-order valence-corrected chi connectivity index (χ1v) is 6.05. The molecule has 108 valence electrons. The number of rotatable bonds is 4. The van der Waals surface area contributed by atoms with Gasteiger partial charge < -0.3 is 11.1 Å². The fraction of sp³-hybridized carbons (Fsp3) is 0.0714. The molecule has 0 aliphatic rings. The van der Waals surface area contributed by atoms with E-state index in [4.69, 9.17) is 5.73 Å². The van der Waals surface area contributed by atoms with Gasteiger partial charge in [0.1, 0.15) is 11.5 Å². The van der Waals surface area contributed by atoms with Crippen molar-refractivity contribution in [2.24, 2.45) is 5.73 Å². The van der Waals surface area contributed by atoms with Gasteiger partial charge in [0.05, 0.1) is 4.92 Å². The summed E-state index contributed by atoms with van der Waals surface area (Å²) in [7, 11) is 0. The minimum Gasteiger partial charge on any atom is -0.326 e. The van der Waals surface area contributed by atoms with Gasteiger partial charge in [-0.05, 0) is 23.8 Å². The van der Waals surface area contributed by atoms with Crippen molar-refractivity contribution < 1.29 is 14.1 Å². The van der Waals surface area contributed by atoms with Crippen LogP contribution in [0.3, 0.4) is 0 Å². The first-order valence-electron chi connectivity index (χ1n) is 6.05. The van der Waals surface area contributed by atoms with Gasteiger partial charge in [0.2, 0.25) is 0 Å². The van der Waals surface area contributed by atoms with Crippen LogP contribution in [0, 0.1) is 15.9 Å². The molecule has 0 aliphatic carbocycles. The summed E-state index contributed by atoms with van der Waals surface area (Å²) in [5, 5.41) is 13.2.